The van der Waals surface area contributed by atoms with Crippen LogP contribution >= 0.6 is 0 Å². The average molecular weight is 294 g/mol. The lowest BCUT2D eigenvalue weighted by atomic mass is 10.3. The van der Waals surface area contributed by atoms with Gasteiger partial charge in [-0.3, -0.25) is 0 Å². The van der Waals surface area contributed by atoms with Crippen molar-refractivity contribution in [3.63, 3.8) is 0 Å². The van der Waals surface area contributed by atoms with Crippen molar-refractivity contribution in [2.24, 2.45) is 0 Å². The number of halogens is 2. The summed E-state index contributed by atoms with van der Waals surface area (Å²) in [7, 11) is -2.07. The Bertz CT molecular complexity index is 494. The fourth-order valence-corrected chi connectivity index (χ4v) is 2.63. The van der Waals surface area contributed by atoms with E-state index >= 15 is 0 Å². The van der Waals surface area contributed by atoms with E-state index < -0.39 is 23.1 Å². The highest BCUT2D eigenvalue weighted by Gasteiger charge is 2.16. The second-order valence-corrected chi connectivity index (χ2v) is 5.35. The number of rotatable bonds is 8. The van der Waals surface area contributed by atoms with Gasteiger partial charge < -0.3 is 10.1 Å². The zero-order chi connectivity index (χ0) is 14.3. The first-order chi connectivity index (χ1) is 8.97. The van der Waals surface area contributed by atoms with Crippen LogP contribution in [0.25, 0.3) is 0 Å². The van der Waals surface area contributed by atoms with Crippen LogP contribution in [0, 0.1) is 0 Å². The Morgan fingerprint density at radius 2 is 2.00 bits per heavy atom. The highest BCUT2D eigenvalue weighted by atomic mass is 32.2. The summed E-state index contributed by atoms with van der Waals surface area (Å²) in [5.41, 5.74) is 0.462. The maximum atomic E-state index is 12.0. The number of hydrogen-bond acceptors (Lipinski definition) is 4. The maximum absolute atomic E-state index is 12.0. The minimum Gasteiger partial charge on any atom is -0.387 e. The predicted octanol–water partition coefficient (Wildman–Crippen LogP) is 1.29. The monoisotopic (exact) mass is 294 g/mol. The van der Waals surface area contributed by atoms with Gasteiger partial charge >= 0.3 is 0 Å². The number of nitrogens with one attached hydrogen (secondary N) is 2. The molecule has 0 atom stereocenters. The van der Waals surface area contributed by atoms with Crippen molar-refractivity contribution in [3.8, 4) is 0 Å². The summed E-state index contributed by atoms with van der Waals surface area (Å²) in [6.07, 6.45) is -2.55. The molecule has 0 aromatic heterocycles. The van der Waals surface area contributed by atoms with E-state index in [1.54, 1.807) is 25.2 Å². The Balaban J connectivity index is 2.56. The molecule has 1 aromatic carbocycles. The molecule has 0 bridgehead atoms. The van der Waals surface area contributed by atoms with E-state index in [0.29, 0.717) is 5.69 Å². The molecule has 0 saturated heterocycles. The van der Waals surface area contributed by atoms with Gasteiger partial charge in [-0.1, -0.05) is 12.1 Å². The molecule has 0 saturated carbocycles. The quantitative estimate of drug-likeness (QED) is 0.709. The molecule has 19 heavy (non-hydrogen) atoms. The van der Waals surface area contributed by atoms with E-state index in [2.05, 4.69) is 14.8 Å². The van der Waals surface area contributed by atoms with Crippen LogP contribution in [-0.4, -0.2) is 41.6 Å². The minimum absolute atomic E-state index is 0.0624. The Morgan fingerprint density at radius 3 is 2.63 bits per heavy atom. The van der Waals surface area contributed by atoms with Crippen molar-refractivity contribution < 1.29 is 21.9 Å². The summed E-state index contributed by atoms with van der Waals surface area (Å²) in [5, 5.41) is 2.77. The molecule has 0 heterocycles. The Kier molecular flexibility index (Phi) is 6.13. The van der Waals surface area contributed by atoms with Gasteiger partial charge in [-0.25, -0.2) is 21.9 Å². The first-order valence-electron chi connectivity index (χ1n) is 5.59. The molecule has 0 unspecified atom stereocenters. The van der Waals surface area contributed by atoms with Crippen LogP contribution in [0.5, 0.6) is 0 Å². The summed E-state index contributed by atoms with van der Waals surface area (Å²) in [6.45, 7) is -0.868. The van der Waals surface area contributed by atoms with Crippen LogP contribution in [0.4, 0.5) is 14.5 Å². The van der Waals surface area contributed by atoms with E-state index in [1.165, 1.54) is 6.07 Å². The highest BCUT2D eigenvalue weighted by Crippen LogP contribution is 2.19. The van der Waals surface area contributed by atoms with E-state index in [-0.39, 0.29) is 18.0 Å². The fourth-order valence-electron chi connectivity index (χ4n) is 1.41. The maximum Gasteiger partial charge on any atom is 0.261 e. The number of anilines is 1. The van der Waals surface area contributed by atoms with Crippen LogP contribution < -0.4 is 10.0 Å². The van der Waals surface area contributed by atoms with Gasteiger partial charge in [0.1, 0.15) is 11.5 Å². The van der Waals surface area contributed by atoms with E-state index in [9.17, 15) is 17.2 Å². The number of para-hydroxylation sites is 1. The van der Waals surface area contributed by atoms with Gasteiger partial charge in [-0.2, -0.15) is 0 Å². The van der Waals surface area contributed by atoms with Crippen LogP contribution in [0.1, 0.15) is 0 Å². The van der Waals surface area contributed by atoms with Gasteiger partial charge in [0.15, 0.2) is 0 Å². The van der Waals surface area contributed by atoms with Gasteiger partial charge in [0, 0.05) is 13.6 Å². The normalized spacial score (nSPS) is 11.8. The largest absolute Gasteiger partial charge is 0.387 e. The first kappa shape index (κ1) is 15.8. The fraction of sp³-hybridized carbons (Fsp3) is 0.455. The summed E-state index contributed by atoms with van der Waals surface area (Å²) in [4.78, 5) is 0.103. The standard InChI is InChI=1S/C11H16F2N2O3S/c1-14-9-4-2-3-5-10(9)19(16,17)15-6-7-18-8-11(12)13/h2-5,11,14-15H,6-8H2,1H3. The molecule has 0 aliphatic carbocycles. The molecule has 0 aliphatic rings. The number of sulfonamides is 1. The molecule has 108 valence electrons. The highest BCUT2D eigenvalue weighted by molar-refractivity contribution is 7.89. The molecular weight excluding hydrogens is 278 g/mol. The molecule has 1 aromatic rings. The SMILES string of the molecule is CNc1ccccc1S(=O)(=O)NCCOCC(F)F. The number of alkyl halides is 2. The van der Waals surface area contributed by atoms with E-state index in [4.69, 9.17) is 0 Å². The molecule has 0 aliphatic heterocycles. The lowest BCUT2D eigenvalue weighted by molar-refractivity contribution is 0.0199. The van der Waals surface area contributed by atoms with Crippen LogP contribution in [0.15, 0.2) is 29.2 Å². The Morgan fingerprint density at radius 1 is 1.32 bits per heavy atom. The molecule has 0 amide bonds. The smallest absolute Gasteiger partial charge is 0.261 e. The number of benzene rings is 1. The second-order valence-electron chi connectivity index (χ2n) is 3.61. The molecule has 5 nitrogen and oxygen atoms in total. The summed E-state index contributed by atoms with van der Waals surface area (Å²) >= 11 is 0. The minimum atomic E-state index is -3.68. The molecule has 0 fully saturated rings. The summed E-state index contributed by atoms with van der Waals surface area (Å²) in [5.74, 6) is 0. The topological polar surface area (TPSA) is 67.4 Å². The zero-order valence-corrected chi connectivity index (χ0v) is 11.2. The Hall–Kier alpha value is -1.25. The van der Waals surface area contributed by atoms with E-state index in [0.717, 1.165) is 0 Å². The molecule has 1 rings (SSSR count). The average Bonchev–Trinajstić information content (AvgIpc) is 2.37. The molecule has 0 radical (unpaired) electrons. The van der Waals surface area contributed by atoms with Crippen molar-refractivity contribution in [1.29, 1.82) is 0 Å². The van der Waals surface area contributed by atoms with Crippen molar-refractivity contribution in [1.82, 2.24) is 4.72 Å². The third kappa shape index (κ3) is 5.09. The van der Waals surface area contributed by atoms with Crippen molar-refractivity contribution in [2.45, 2.75) is 11.3 Å². The van der Waals surface area contributed by atoms with Crippen molar-refractivity contribution in [2.75, 3.05) is 32.1 Å². The van der Waals surface area contributed by atoms with Gasteiger partial charge in [0.25, 0.3) is 6.43 Å². The second kappa shape index (κ2) is 7.37. The van der Waals surface area contributed by atoms with E-state index in [1.807, 2.05) is 0 Å². The predicted molar refractivity (Wildman–Crippen MR) is 68.0 cm³/mol. The van der Waals surface area contributed by atoms with Crippen LogP contribution in [0.3, 0.4) is 0 Å². The number of hydrogen-bond donors (Lipinski definition) is 2. The van der Waals surface area contributed by atoms with Crippen molar-refractivity contribution in [3.05, 3.63) is 24.3 Å². The van der Waals surface area contributed by atoms with Gasteiger partial charge in [-0.05, 0) is 12.1 Å². The van der Waals surface area contributed by atoms with Gasteiger partial charge in [-0.15, -0.1) is 0 Å². The third-order valence-corrected chi connectivity index (χ3v) is 3.75. The van der Waals surface area contributed by atoms with Crippen LogP contribution in [-0.2, 0) is 14.8 Å². The summed E-state index contributed by atoms with van der Waals surface area (Å²) < 4.78 is 54.4. The van der Waals surface area contributed by atoms with Gasteiger partial charge in [0.2, 0.25) is 10.0 Å². The first-order valence-corrected chi connectivity index (χ1v) is 7.08. The number of ether oxygens (including phenoxy) is 1. The Labute approximate surface area is 111 Å². The summed E-state index contributed by atoms with van der Waals surface area (Å²) in [6, 6.07) is 6.38. The lowest BCUT2D eigenvalue weighted by Gasteiger charge is -2.11. The molecule has 8 heteroatoms. The third-order valence-electron chi connectivity index (χ3n) is 2.23. The van der Waals surface area contributed by atoms with Crippen LogP contribution in [0.2, 0.25) is 0 Å². The van der Waals surface area contributed by atoms with Crippen molar-refractivity contribution >= 4 is 15.7 Å². The molecule has 0 spiro atoms. The molecule has 2 N–H and O–H groups in total. The van der Waals surface area contributed by atoms with Gasteiger partial charge in [0.05, 0.1) is 12.3 Å². The lowest BCUT2D eigenvalue weighted by Crippen LogP contribution is -2.28. The zero-order valence-electron chi connectivity index (χ0n) is 10.4. The molecular formula is C11H16F2N2O3S.